The van der Waals surface area contributed by atoms with Crippen molar-refractivity contribution >= 4 is 11.7 Å². The van der Waals surface area contributed by atoms with Crippen molar-refractivity contribution in [1.82, 2.24) is 10.3 Å². The Labute approximate surface area is 152 Å². The molecule has 1 aromatic carbocycles. The normalized spacial score (nSPS) is 14.5. The Hall–Kier alpha value is -3.07. The molecule has 0 spiro atoms. The lowest BCUT2D eigenvalue weighted by atomic mass is 10.1. The number of aromatic nitrogens is 1. The largest absolute Gasteiger partial charge is 0.490 e. The molecule has 0 unspecified atom stereocenters. The first kappa shape index (κ1) is 17.7. The van der Waals surface area contributed by atoms with E-state index in [1.165, 1.54) is 12.1 Å². The Balaban J connectivity index is 1.52. The van der Waals surface area contributed by atoms with E-state index in [0.29, 0.717) is 11.3 Å². The van der Waals surface area contributed by atoms with Gasteiger partial charge in [-0.3, -0.25) is 4.79 Å². The number of nitrogens with one attached hydrogen (secondary N) is 1. The molecule has 1 N–H and O–H groups in total. The number of rotatable bonds is 5. The monoisotopic (exact) mass is 353 g/mol. The van der Waals surface area contributed by atoms with E-state index in [4.69, 9.17) is 11.2 Å². The molecule has 1 aromatic heterocycles. The van der Waals surface area contributed by atoms with Gasteiger partial charge >= 0.3 is 0 Å². The van der Waals surface area contributed by atoms with E-state index in [9.17, 15) is 9.18 Å². The van der Waals surface area contributed by atoms with Crippen LogP contribution in [0.15, 0.2) is 42.6 Å². The van der Waals surface area contributed by atoms with Crippen LogP contribution in [0.3, 0.4) is 0 Å². The van der Waals surface area contributed by atoms with E-state index in [2.05, 4.69) is 21.1 Å². The number of carbonyl (C=O) groups excluding carboxylic acids is 1. The highest BCUT2D eigenvalue weighted by molar-refractivity contribution is 5.94. The Kier molecular flexibility index (Phi) is 5.69. The van der Waals surface area contributed by atoms with Gasteiger partial charge in [0.1, 0.15) is 23.5 Å². The van der Waals surface area contributed by atoms with Crippen molar-refractivity contribution in [2.75, 3.05) is 24.5 Å². The number of terminal acetylenes is 1. The average molecular weight is 353 g/mol. The van der Waals surface area contributed by atoms with Gasteiger partial charge in [0.25, 0.3) is 5.91 Å². The molecule has 0 bridgehead atoms. The van der Waals surface area contributed by atoms with Crippen molar-refractivity contribution in [2.24, 2.45) is 0 Å². The lowest BCUT2D eigenvalue weighted by Crippen LogP contribution is -2.38. The van der Waals surface area contributed by atoms with Crippen LogP contribution in [0.25, 0.3) is 0 Å². The summed E-state index contributed by atoms with van der Waals surface area (Å²) in [6.45, 7) is 1.81. The van der Waals surface area contributed by atoms with Gasteiger partial charge in [-0.1, -0.05) is 5.92 Å². The lowest BCUT2D eigenvalue weighted by Gasteiger charge is -2.33. The zero-order chi connectivity index (χ0) is 18.4. The van der Waals surface area contributed by atoms with E-state index in [1.54, 1.807) is 24.4 Å². The number of benzene rings is 1. The number of carbonyl (C=O) groups is 1. The van der Waals surface area contributed by atoms with Crippen molar-refractivity contribution in [3.05, 3.63) is 54.0 Å². The van der Waals surface area contributed by atoms with Crippen LogP contribution in [0.5, 0.6) is 5.75 Å². The van der Waals surface area contributed by atoms with Crippen LogP contribution in [0.1, 0.15) is 23.2 Å². The van der Waals surface area contributed by atoms with Gasteiger partial charge in [-0.05, 0) is 36.4 Å². The van der Waals surface area contributed by atoms with Crippen molar-refractivity contribution in [1.29, 1.82) is 0 Å². The smallest absolute Gasteiger partial charge is 0.253 e. The van der Waals surface area contributed by atoms with Gasteiger partial charge in [0.2, 0.25) is 0 Å². The van der Waals surface area contributed by atoms with Crippen molar-refractivity contribution < 1.29 is 13.9 Å². The fourth-order valence-corrected chi connectivity index (χ4v) is 2.85. The highest BCUT2D eigenvalue weighted by Crippen LogP contribution is 2.22. The van der Waals surface area contributed by atoms with E-state index >= 15 is 0 Å². The molecular formula is C20H20FN3O2. The molecule has 5 nitrogen and oxygen atoms in total. The maximum absolute atomic E-state index is 12.9. The zero-order valence-corrected chi connectivity index (χ0v) is 14.3. The molecule has 0 radical (unpaired) electrons. The molecule has 134 valence electrons. The minimum atomic E-state index is -0.269. The lowest BCUT2D eigenvalue weighted by molar-refractivity contribution is 0.0958. The van der Waals surface area contributed by atoms with Crippen LogP contribution in [0.2, 0.25) is 0 Å². The summed E-state index contributed by atoms with van der Waals surface area (Å²) in [4.78, 5) is 18.4. The number of hydrogen-bond donors (Lipinski definition) is 1. The van der Waals surface area contributed by atoms with Gasteiger partial charge in [0, 0.05) is 32.1 Å². The summed E-state index contributed by atoms with van der Waals surface area (Å²) in [5, 5.41) is 2.61. The topological polar surface area (TPSA) is 54.5 Å². The number of anilines is 1. The van der Waals surface area contributed by atoms with Gasteiger partial charge in [-0.2, -0.15) is 0 Å². The molecule has 6 heteroatoms. The summed E-state index contributed by atoms with van der Waals surface area (Å²) in [6, 6.07) is 9.67. The van der Waals surface area contributed by atoms with E-state index in [-0.39, 0.29) is 24.4 Å². The maximum Gasteiger partial charge on any atom is 0.253 e. The summed E-state index contributed by atoms with van der Waals surface area (Å²) in [5.41, 5.74) is 0.485. The molecule has 1 aliphatic rings. The number of nitrogens with zero attached hydrogens (tertiary/aromatic N) is 2. The van der Waals surface area contributed by atoms with Gasteiger partial charge in [-0.25, -0.2) is 9.37 Å². The van der Waals surface area contributed by atoms with Crippen LogP contribution < -0.4 is 15.0 Å². The van der Waals surface area contributed by atoms with Crippen molar-refractivity contribution in [3.8, 4) is 18.1 Å². The minimum Gasteiger partial charge on any atom is -0.490 e. The predicted octanol–water partition coefficient (Wildman–Crippen LogP) is 2.63. The number of piperidine rings is 1. The predicted molar refractivity (Wildman–Crippen MR) is 97.7 cm³/mol. The second-order valence-electron chi connectivity index (χ2n) is 6.05. The third-order valence-corrected chi connectivity index (χ3v) is 4.24. The average Bonchev–Trinajstić information content (AvgIpc) is 2.68. The summed E-state index contributed by atoms with van der Waals surface area (Å²) in [7, 11) is 0. The molecule has 2 heterocycles. The summed E-state index contributed by atoms with van der Waals surface area (Å²) < 4.78 is 18.8. The van der Waals surface area contributed by atoms with Crippen LogP contribution in [-0.2, 0) is 0 Å². The van der Waals surface area contributed by atoms with Crippen molar-refractivity contribution in [3.63, 3.8) is 0 Å². The fraction of sp³-hybridized carbons (Fsp3) is 0.300. The van der Waals surface area contributed by atoms with E-state index < -0.39 is 0 Å². The highest BCUT2D eigenvalue weighted by atomic mass is 19.1. The quantitative estimate of drug-likeness (QED) is 0.840. The molecule has 1 amide bonds. The van der Waals surface area contributed by atoms with Crippen LogP contribution >= 0.6 is 0 Å². The zero-order valence-electron chi connectivity index (χ0n) is 14.3. The molecule has 1 aliphatic heterocycles. The highest BCUT2D eigenvalue weighted by Gasteiger charge is 2.21. The number of hydrogen-bond acceptors (Lipinski definition) is 4. The van der Waals surface area contributed by atoms with Crippen molar-refractivity contribution in [2.45, 2.75) is 18.9 Å². The minimum absolute atomic E-state index is 0.102. The summed E-state index contributed by atoms with van der Waals surface area (Å²) in [5.74, 6) is 3.39. The number of pyridine rings is 1. The molecule has 0 aliphatic carbocycles. The molecule has 0 saturated carbocycles. The number of halogens is 1. The third kappa shape index (κ3) is 4.51. The van der Waals surface area contributed by atoms with Crippen LogP contribution in [-0.4, -0.2) is 36.6 Å². The molecule has 2 aromatic rings. The Morgan fingerprint density at radius 1 is 1.27 bits per heavy atom. The SMILES string of the molecule is C#CCNC(=O)c1ccc(N2CCC(Oc3ccc(F)cc3)CC2)nc1. The molecule has 26 heavy (non-hydrogen) atoms. The molecule has 3 rings (SSSR count). The maximum atomic E-state index is 12.9. The van der Waals surface area contributed by atoms with Crippen LogP contribution in [0, 0.1) is 18.2 Å². The first-order valence-corrected chi connectivity index (χ1v) is 8.50. The van der Waals surface area contributed by atoms with E-state index in [1.807, 2.05) is 6.07 Å². The summed E-state index contributed by atoms with van der Waals surface area (Å²) >= 11 is 0. The number of ether oxygens (including phenoxy) is 1. The second kappa shape index (κ2) is 8.34. The number of amides is 1. The van der Waals surface area contributed by atoms with Gasteiger partial charge in [-0.15, -0.1) is 6.42 Å². The molecule has 0 atom stereocenters. The summed E-state index contributed by atoms with van der Waals surface area (Å²) in [6.07, 6.45) is 8.49. The molecule has 1 saturated heterocycles. The van der Waals surface area contributed by atoms with Gasteiger partial charge < -0.3 is 15.0 Å². The Bertz CT molecular complexity index is 776. The van der Waals surface area contributed by atoms with E-state index in [0.717, 1.165) is 31.7 Å². The molecule has 1 fully saturated rings. The Morgan fingerprint density at radius 2 is 2.00 bits per heavy atom. The molecular weight excluding hydrogens is 333 g/mol. The van der Waals surface area contributed by atoms with Crippen LogP contribution in [0.4, 0.5) is 10.2 Å². The van der Waals surface area contributed by atoms with Gasteiger partial charge in [0.15, 0.2) is 0 Å². The Morgan fingerprint density at radius 3 is 2.62 bits per heavy atom. The fourth-order valence-electron chi connectivity index (χ4n) is 2.85. The first-order chi connectivity index (χ1) is 12.7. The second-order valence-corrected chi connectivity index (χ2v) is 6.05. The van der Waals surface area contributed by atoms with Gasteiger partial charge in [0.05, 0.1) is 12.1 Å². The third-order valence-electron chi connectivity index (χ3n) is 4.24. The standard InChI is InChI=1S/C20H20FN3O2/c1-2-11-22-20(25)15-3-8-19(23-14-15)24-12-9-18(10-13-24)26-17-6-4-16(21)5-7-17/h1,3-8,14,18H,9-13H2,(H,22,25). The first-order valence-electron chi connectivity index (χ1n) is 8.50.